The molecule has 1 atom stereocenters. The molecule has 0 unspecified atom stereocenters. The lowest BCUT2D eigenvalue weighted by Crippen LogP contribution is -2.30. The van der Waals surface area contributed by atoms with Gasteiger partial charge in [-0.25, -0.2) is 9.37 Å². The predicted octanol–water partition coefficient (Wildman–Crippen LogP) is 2.78. The number of aromatic amines is 1. The number of nitrogens with zero attached hydrogens (tertiary/aromatic N) is 1. The minimum absolute atomic E-state index is 0.278. The highest BCUT2D eigenvalue weighted by molar-refractivity contribution is 7.14. The molecular weight excluding hydrogens is 359 g/mol. The lowest BCUT2D eigenvalue weighted by molar-refractivity contribution is -0.122. The van der Waals surface area contributed by atoms with Crippen LogP contribution in [-0.2, 0) is 4.79 Å². The zero-order valence-electron chi connectivity index (χ0n) is 13.7. The van der Waals surface area contributed by atoms with E-state index in [0.717, 1.165) is 0 Å². The molecule has 134 valence electrons. The first-order chi connectivity index (χ1) is 12.4. The maximum Gasteiger partial charge on any atom is 0.266 e. The third-order valence-electron chi connectivity index (χ3n) is 3.47. The average Bonchev–Trinajstić information content (AvgIpc) is 3.26. The Labute approximate surface area is 152 Å². The van der Waals surface area contributed by atoms with Crippen LogP contribution in [0.3, 0.4) is 0 Å². The molecule has 1 aromatic carbocycles. The fourth-order valence-electron chi connectivity index (χ4n) is 2.13. The van der Waals surface area contributed by atoms with Gasteiger partial charge in [0.2, 0.25) is 0 Å². The second kappa shape index (κ2) is 7.36. The predicted molar refractivity (Wildman–Crippen MR) is 95.5 cm³/mol. The number of carbonyl (C=O) groups is 2. The highest BCUT2D eigenvalue weighted by Gasteiger charge is 2.17. The molecule has 4 N–H and O–H groups in total. The van der Waals surface area contributed by atoms with Crippen molar-refractivity contribution in [2.75, 3.05) is 5.32 Å². The second-order valence-electron chi connectivity index (χ2n) is 5.41. The standard InChI is InChI=1S/C17H15FN4O3S/c1-9(25-12-4-2-11(18)3-5-12)16(24)22-17-21-14(8-26-17)10-6-13(15(19)23)20-7-10/h2-9,20H,1H3,(H2,19,23)(H,21,22,24)/t9-/m0/s1. The van der Waals surface area contributed by atoms with Crippen LogP contribution in [0.4, 0.5) is 9.52 Å². The summed E-state index contributed by atoms with van der Waals surface area (Å²) in [6.45, 7) is 1.58. The fraction of sp³-hybridized carbons (Fsp3) is 0.118. The van der Waals surface area contributed by atoms with Crippen LogP contribution in [0, 0.1) is 5.82 Å². The molecule has 0 radical (unpaired) electrons. The number of hydrogen-bond acceptors (Lipinski definition) is 5. The number of nitrogens with two attached hydrogens (primary N) is 1. The van der Waals surface area contributed by atoms with Crippen molar-refractivity contribution < 1.29 is 18.7 Å². The van der Waals surface area contributed by atoms with Gasteiger partial charge in [-0.2, -0.15) is 0 Å². The topological polar surface area (TPSA) is 110 Å². The number of nitrogens with one attached hydrogen (secondary N) is 2. The molecule has 0 saturated heterocycles. The number of aromatic nitrogens is 2. The van der Waals surface area contributed by atoms with Gasteiger partial charge in [0.05, 0.1) is 5.69 Å². The average molecular weight is 374 g/mol. The van der Waals surface area contributed by atoms with Gasteiger partial charge < -0.3 is 15.5 Å². The van der Waals surface area contributed by atoms with E-state index in [1.807, 2.05) is 0 Å². The number of amides is 2. The van der Waals surface area contributed by atoms with E-state index in [2.05, 4.69) is 15.3 Å². The molecule has 0 fully saturated rings. The Bertz CT molecular complexity index is 936. The van der Waals surface area contributed by atoms with E-state index in [9.17, 15) is 14.0 Å². The Kier molecular flexibility index (Phi) is 4.99. The van der Waals surface area contributed by atoms with Crippen LogP contribution in [0.5, 0.6) is 5.75 Å². The molecular formula is C17H15FN4O3S. The van der Waals surface area contributed by atoms with Gasteiger partial charge in [-0.1, -0.05) is 0 Å². The van der Waals surface area contributed by atoms with Crippen molar-refractivity contribution in [1.82, 2.24) is 9.97 Å². The van der Waals surface area contributed by atoms with Gasteiger partial charge in [0.25, 0.3) is 11.8 Å². The number of benzene rings is 1. The number of rotatable bonds is 6. The van der Waals surface area contributed by atoms with Crippen molar-refractivity contribution in [3.63, 3.8) is 0 Å². The van der Waals surface area contributed by atoms with E-state index in [0.29, 0.717) is 22.1 Å². The Morgan fingerprint density at radius 1 is 1.35 bits per heavy atom. The molecule has 0 saturated carbocycles. The van der Waals surface area contributed by atoms with Gasteiger partial charge in [-0.15, -0.1) is 11.3 Å². The summed E-state index contributed by atoms with van der Waals surface area (Å²) in [5.74, 6) is -0.942. The lowest BCUT2D eigenvalue weighted by atomic mass is 10.2. The molecule has 0 bridgehead atoms. The van der Waals surface area contributed by atoms with Gasteiger partial charge in [0, 0.05) is 17.1 Å². The number of hydrogen-bond donors (Lipinski definition) is 3. The second-order valence-corrected chi connectivity index (χ2v) is 6.27. The SMILES string of the molecule is C[C@H](Oc1ccc(F)cc1)C(=O)Nc1nc(-c2c[nH]c(C(N)=O)c2)cs1. The summed E-state index contributed by atoms with van der Waals surface area (Å²) >= 11 is 1.24. The first-order valence-corrected chi connectivity index (χ1v) is 8.47. The van der Waals surface area contributed by atoms with E-state index < -0.39 is 12.0 Å². The molecule has 0 aliphatic rings. The lowest BCUT2D eigenvalue weighted by Gasteiger charge is -2.13. The van der Waals surface area contributed by atoms with Gasteiger partial charge in [-0.3, -0.25) is 14.9 Å². The summed E-state index contributed by atoms with van der Waals surface area (Å²) in [7, 11) is 0. The van der Waals surface area contributed by atoms with Crippen LogP contribution in [0.15, 0.2) is 41.9 Å². The van der Waals surface area contributed by atoms with Crippen LogP contribution < -0.4 is 15.8 Å². The van der Waals surface area contributed by atoms with Crippen molar-refractivity contribution >= 4 is 28.3 Å². The number of halogens is 1. The minimum atomic E-state index is -0.790. The molecule has 2 heterocycles. The molecule has 3 rings (SSSR count). The normalized spacial score (nSPS) is 11.8. The summed E-state index contributed by atoms with van der Waals surface area (Å²) in [5, 5.41) is 4.80. The molecule has 7 nitrogen and oxygen atoms in total. The van der Waals surface area contributed by atoms with Crippen molar-refractivity contribution in [1.29, 1.82) is 0 Å². The minimum Gasteiger partial charge on any atom is -0.481 e. The summed E-state index contributed by atoms with van der Waals surface area (Å²) in [5.41, 5.74) is 6.76. The number of anilines is 1. The molecule has 3 aromatic rings. The number of H-pyrrole nitrogens is 1. The number of carbonyl (C=O) groups excluding carboxylic acids is 2. The van der Waals surface area contributed by atoms with Crippen LogP contribution in [0.25, 0.3) is 11.3 Å². The highest BCUT2D eigenvalue weighted by Crippen LogP contribution is 2.25. The van der Waals surface area contributed by atoms with E-state index in [1.165, 1.54) is 35.6 Å². The molecule has 2 aromatic heterocycles. The monoisotopic (exact) mass is 374 g/mol. The first-order valence-electron chi connectivity index (χ1n) is 7.59. The van der Waals surface area contributed by atoms with Gasteiger partial charge >= 0.3 is 0 Å². The van der Waals surface area contributed by atoms with Crippen LogP contribution in [-0.4, -0.2) is 27.9 Å². The third kappa shape index (κ3) is 4.06. The Morgan fingerprint density at radius 3 is 2.73 bits per heavy atom. The Morgan fingerprint density at radius 2 is 2.08 bits per heavy atom. The summed E-state index contributed by atoms with van der Waals surface area (Å²) < 4.78 is 18.4. The smallest absolute Gasteiger partial charge is 0.266 e. The highest BCUT2D eigenvalue weighted by atomic mass is 32.1. The number of primary amides is 1. The maximum atomic E-state index is 12.9. The number of ether oxygens (including phenoxy) is 1. The summed E-state index contributed by atoms with van der Waals surface area (Å²) in [4.78, 5) is 30.4. The van der Waals surface area contributed by atoms with E-state index in [1.54, 1.807) is 24.6 Å². The van der Waals surface area contributed by atoms with Crippen molar-refractivity contribution in [2.45, 2.75) is 13.0 Å². The third-order valence-corrected chi connectivity index (χ3v) is 4.23. The molecule has 26 heavy (non-hydrogen) atoms. The Hall–Kier alpha value is -3.20. The zero-order valence-corrected chi connectivity index (χ0v) is 14.5. The molecule has 0 aliphatic carbocycles. The van der Waals surface area contributed by atoms with E-state index in [-0.39, 0.29) is 17.4 Å². The van der Waals surface area contributed by atoms with Crippen molar-refractivity contribution in [2.24, 2.45) is 5.73 Å². The fourth-order valence-corrected chi connectivity index (χ4v) is 2.85. The zero-order chi connectivity index (χ0) is 18.7. The molecule has 2 amide bonds. The molecule has 0 spiro atoms. The van der Waals surface area contributed by atoms with Crippen LogP contribution >= 0.6 is 11.3 Å². The largest absolute Gasteiger partial charge is 0.481 e. The van der Waals surface area contributed by atoms with Crippen LogP contribution in [0.2, 0.25) is 0 Å². The summed E-state index contributed by atoms with van der Waals surface area (Å²) in [6, 6.07) is 6.99. The van der Waals surface area contributed by atoms with Crippen LogP contribution in [0.1, 0.15) is 17.4 Å². The maximum absolute atomic E-state index is 12.9. The number of thiazole rings is 1. The van der Waals surface area contributed by atoms with Gasteiger partial charge in [-0.05, 0) is 37.3 Å². The van der Waals surface area contributed by atoms with Crippen molar-refractivity contribution in [3.8, 4) is 17.0 Å². The first kappa shape index (κ1) is 17.6. The van der Waals surface area contributed by atoms with E-state index >= 15 is 0 Å². The Balaban J connectivity index is 1.63. The van der Waals surface area contributed by atoms with Gasteiger partial charge in [0.15, 0.2) is 11.2 Å². The quantitative estimate of drug-likeness (QED) is 0.616. The molecule has 0 aliphatic heterocycles. The van der Waals surface area contributed by atoms with Gasteiger partial charge in [0.1, 0.15) is 17.3 Å². The van der Waals surface area contributed by atoms with Crippen molar-refractivity contribution in [3.05, 3.63) is 53.4 Å². The van der Waals surface area contributed by atoms with E-state index in [4.69, 9.17) is 10.5 Å². The summed E-state index contributed by atoms with van der Waals surface area (Å²) in [6.07, 6.45) is 0.822. The molecule has 9 heteroatoms.